The van der Waals surface area contributed by atoms with Crippen LogP contribution in [0.15, 0.2) is 35.7 Å². The molecule has 1 amide bonds. The number of aryl methyl sites for hydroxylation is 1. The molecule has 2 heterocycles. The topological polar surface area (TPSA) is 53.0 Å². The van der Waals surface area contributed by atoms with Gasteiger partial charge in [0.15, 0.2) is 0 Å². The van der Waals surface area contributed by atoms with Crippen molar-refractivity contribution in [1.29, 1.82) is 0 Å². The van der Waals surface area contributed by atoms with Gasteiger partial charge in [0.2, 0.25) is 5.91 Å². The Kier molecular flexibility index (Phi) is 8.93. The number of fused-ring (bicyclic) bond motifs is 1. The maximum absolute atomic E-state index is 13.4. The summed E-state index contributed by atoms with van der Waals surface area (Å²) in [7, 11) is 0. The van der Waals surface area contributed by atoms with E-state index in [9.17, 15) is 9.90 Å². The first-order chi connectivity index (χ1) is 15.0. The molecule has 31 heavy (non-hydrogen) atoms. The number of carbonyl (C=O) groups is 1. The summed E-state index contributed by atoms with van der Waals surface area (Å²) in [4.78, 5) is 18.8. The van der Waals surface area contributed by atoms with Crippen molar-refractivity contribution in [3.05, 3.63) is 51.7 Å². The molecule has 0 aliphatic carbocycles. The number of aliphatic hydroxyl groups excluding tert-OH is 1. The Balaban J connectivity index is 1.70. The Labute approximate surface area is 190 Å². The van der Waals surface area contributed by atoms with E-state index in [-0.39, 0.29) is 18.1 Å². The molecular weight excluding hydrogens is 408 g/mol. The Morgan fingerprint density at radius 3 is 2.74 bits per heavy atom. The van der Waals surface area contributed by atoms with Crippen LogP contribution in [0.25, 0.3) is 0 Å². The highest BCUT2D eigenvalue weighted by atomic mass is 32.1. The molecule has 170 valence electrons. The van der Waals surface area contributed by atoms with Crippen molar-refractivity contribution in [3.8, 4) is 5.75 Å². The van der Waals surface area contributed by atoms with Crippen LogP contribution in [0.3, 0.4) is 0 Å². The molecule has 1 N–H and O–H groups in total. The maximum atomic E-state index is 13.4. The number of ether oxygens (including phenoxy) is 1. The summed E-state index contributed by atoms with van der Waals surface area (Å²) in [6.45, 7) is 9.11. The lowest BCUT2D eigenvalue weighted by atomic mass is 10.0. The lowest BCUT2D eigenvalue weighted by molar-refractivity contribution is -0.136. The van der Waals surface area contributed by atoms with Crippen LogP contribution in [0.2, 0.25) is 0 Å². The molecule has 2 atom stereocenters. The summed E-state index contributed by atoms with van der Waals surface area (Å²) in [5.41, 5.74) is 2.41. The summed E-state index contributed by atoms with van der Waals surface area (Å²) in [6, 6.07) is 10.1. The standard InChI is InChI=1S/C25H36N2O3S/c1-4-6-20(28)16-26(13-5-2)17-25(29)27-14-11-24-22(12-15-31-24)23(27)18-30-21-9-7-19(3)8-10-21/h7-10,12,15,20,23,28H,4-6,11,13-14,16-18H2,1-3H3/t20-,23-/m0/s1. The third-order valence-electron chi connectivity index (χ3n) is 5.83. The second-order valence-electron chi connectivity index (χ2n) is 8.45. The number of carbonyl (C=O) groups excluding carboxylic acids is 1. The first-order valence-electron chi connectivity index (χ1n) is 11.5. The van der Waals surface area contributed by atoms with E-state index in [0.29, 0.717) is 26.2 Å². The van der Waals surface area contributed by atoms with Gasteiger partial charge in [0.25, 0.3) is 0 Å². The molecule has 1 aliphatic rings. The van der Waals surface area contributed by atoms with Crippen LogP contribution in [-0.2, 0) is 11.2 Å². The number of amides is 1. The summed E-state index contributed by atoms with van der Waals surface area (Å²) >= 11 is 1.77. The van der Waals surface area contributed by atoms with Gasteiger partial charge in [-0.3, -0.25) is 9.69 Å². The molecule has 0 fully saturated rings. The lowest BCUT2D eigenvalue weighted by Gasteiger charge is -2.37. The van der Waals surface area contributed by atoms with Crippen LogP contribution in [0, 0.1) is 6.92 Å². The molecular formula is C25H36N2O3S. The van der Waals surface area contributed by atoms with Crippen molar-refractivity contribution in [2.45, 2.75) is 58.6 Å². The summed E-state index contributed by atoms with van der Waals surface area (Å²) in [6.07, 6.45) is 3.19. The fourth-order valence-electron chi connectivity index (χ4n) is 4.24. The zero-order valence-corrected chi connectivity index (χ0v) is 19.9. The first kappa shape index (κ1) is 23.8. The highest BCUT2D eigenvalue weighted by Crippen LogP contribution is 2.34. The van der Waals surface area contributed by atoms with Crippen molar-refractivity contribution in [1.82, 2.24) is 9.80 Å². The van der Waals surface area contributed by atoms with E-state index < -0.39 is 0 Å². The SMILES string of the molecule is CCC[C@H](O)CN(CCC)CC(=O)N1CCc2sccc2[C@@H]1COc1ccc(C)cc1. The molecule has 1 aliphatic heterocycles. The third kappa shape index (κ3) is 6.55. The molecule has 0 bridgehead atoms. The van der Waals surface area contributed by atoms with Gasteiger partial charge in [0.1, 0.15) is 12.4 Å². The Bertz CT molecular complexity index is 820. The van der Waals surface area contributed by atoms with Crippen molar-refractivity contribution in [2.24, 2.45) is 0 Å². The molecule has 0 radical (unpaired) electrons. The van der Waals surface area contributed by atoms with Gasteiger partial charge in [-0.05, 0) is 61.9 Å². The van der Waals surface area contributed by atoms with Gasteiger partial charge in [-0.1, -0.05) is 38.0 Å². The normalized spacial score (nSPS) is 16.9. The van der Waals surface area contributed by atoms with Crippen LogP contribution in [0.4, 0.5) is 0 Å². The Morgan fingerprint density at radius 2 is 2.03 bits per heavy atom. The molecule has 2 aromatic rings. The summed E-state index contributed by atoms with van der Waals surface area (Å²) in [5.74, 6) is 0.946. The number of hydrogen-bond acceptors (Lipinski definition) is 5. The van der Waals surface area contributed by atoms with E-state index in [1.54, 1.807) is 11.3 Å². The first-order valence-corrected chi connectivity index (χ1v) is 12.3. The molecule has 1 aromatic carbocycles. The summed E-state index contributed by atoms with van der Waals surface area (Å²) < 4.78 is 6.11. The predicted molar refractivity (Wildman–Crippen MR) is 127 cm³/mol. The molecule has 1 aromatic heterocycles. The fourth-order valence-corrected chi connectivity index (χ4v) is 5.17. The number of hydrogen-bond donors (Lipinski definition) is 1. The molecule has 6 heteroatoms. The molecule has 3 rings (SSSR count). The third-order valence-corrected chi connectivity index (χ3v) is 6.83. The average Bonchev–Trinajstić information content (AvgIpc) is 3.22. The van der Waals surface area contributed by atoms with E-state index in [2.05, 4.69) is 37.1 Å². The van der Waals surface area contributed by atoms with Crippen molar-refractivity contribution < 1.29 is 14.6 Å². The number of benzene rings is 1. The molecule has 0 saturated heterocycles. The van der Waals surface area contributed by atoms with Crippen molar-refractivity contribution >= 4 is 17.2 Å². The van der Waals surface area contributed by atoms with Crippen LogP contribution >= 0.6 is 11.3 Å². The zero-order valence-electron chi connectivity index (χ0n) is 19.0. The van der Waals surface area contributed by atoms with Gasteiger partial charge in [0.05, 0.1) is 18.7 Å². The van der Waals surface area contributed by atoms with Gasteiger partial charge in [0, 0.05) is 18.0 Å². The smallest absolute Gasteiger partial charge is 0.237 e. The summed E-state index contributed by atoms with van der Waals surface area (Å²) in [5, 5.41) is 12.4. The highest BCUT2D eigenvalue weighted by Gasteiger charge is 2.33. The average molecular weight is 445 g/mol. The molecule has 0 saturated carbocycles. The zero-order chi connectivity index (χ0) is 22.2. The van der Waals surface area contributed by atoms with Crippen LogP contribution in [0.5, 0.6) is 5.75 Å². The van der Waals surface area contributed by atoms with E-state index >= 15 is 0 Å². The molecule has 0 spiro atoms. The number of aliphatic hydroxyl groups is 1. The van der Waals surface area contributed by atoms with Gasteiger partial charge in [-0.25, -0.2) is 0 Å². The van der Waals surface area contributed by atoms with Gasteiger partial charge in [-0.2, -0.15) is 0 Å². The van der Waals surface area contributed by atoms with E-state index in [1.165, 1.54) is 16.0 Å². The van der Waals surface area contributed by atoms with Gasteiger partial charge >= 0.3 is 0 Å². The monoisotopic (exact) mass is 444 g/mol. The number of rotatable bonds is 11. The predicted octanol–water partition coefficient (Wildman–Crippen LogP) is 4.43. The van der Waals surface area contributed by atoms with Crippen LogP contribution in [0.1, 0.15) is 55.2 Å². The number of thiophene rings is 1. The Hall–Kier alpha value is -1.89. The maximum Gasteiger partial charge on any atom is 0.237 e. The minimum atomic E-state index is -0.380. The number of nitrogens with zero attached hydrogens (tertiary/aromatic N) is 2. The fraction of sp³-hybridized carbons (Fsp3) is 0.560. The minimum Gasteiger partial charge on any atom is -0.491 e. The second kappa shape index (κ2) is 11.7. The van der Waals surface area contributed by atoms with E-state index in [4.69, 9.17) is 4.74 Å². The van der Waals surface area contributed by atoms with E-state index in [0.717, 1.165) is 38.0 Å². The van der Waals surface area contributed by atoms with E-state index in [1.807, 2.05) is 29.2 Å². The highest BCUT2D eigenvalue weighted by molar-refractivity contribution is 7.10. The van der Waals surface area contributed by atoms with Gasteiger partial charge in [-0.15, -0.1) is 11.3 Å². The van der Waals surface area contributed by atoms with Gasteiger partial charge < -0.3 is 14.7 Å². The Morgan fingerprint density at radius 1 is 1.26 bits per heavy atom. The second-order valence-corrected chi connectivity index (χ2v) is 9.45. The van der Waals surface area contributed by atoms with Crippen LogP contribution in [-0.4, -0.2) is 59.7 Å². The minimum absolute atomic E-state index is 0.0761. The molecule has 5 nitrogen and oxygen atoms in total. The van der Waals surface area contributed by atoms with Crippen molar-refractivity contribution in [3.63, 3.8) is 0 Å². The largest absolute Gasteiger partial charge is 0.491 e. The quantitative estimate of drug-likeness (QED) is 0.557. The molecule has 0 unspecified atom stereocenters. The van der Waals surface area contributed by atoms with Crippen LogP contribution < -0.4 is 4.74 Å². The lowest BCUT2D eigenvalue weighted by Crippen LogP contribution is -2.47. The van der Waals surface area contributed by atoms with Crippen molar-refractivity contribution in [2.75, 3.05) is 32.8 Å².